The minimum Gasteiger partial charge on any atom is -0.396 e. The van der Waals surface area contributed by atoms with Gasteiger partial charge in [0, 0.05) is 19.6 Å². The van der Waals surface area contributed by atoms with Gasteiger partial charge in [-0.2, -0.15) is 4.98 Å². The number of ether oxygens (including phenoxy) is 1. The van der Waals surface area contributed by atoms with Crippen molar-refractivity contribution in [1.82, 2.24) is 9.97 Å². The lowest BCUT2D eigenvalue weighted by Gasteiger charge is -2.30. The van der Waals surface area contributed by atoms with Crippen molar-refractivity contribution in [2.75, 3.05) is 54.9 Å². The van der Waals surface area contributed by atoms with Gasteiger partial charge in [0.25, 0.3) is 0 Å². The summed E-state index contributed by atoms with van der Waals surface area (Å²) in [6, 6.07) is 1.92. The Balaban J connectivity index is 1.66. The highest BCUT2D eigenvalue weighted by molar-refractivity contribution is 7.22. The second-order valence-electron chi connectivity index (χ2n) is 6.00. The second-order valence-corrected chi connectivity index (χ2v) is 7.01. The Hall–Kier alpha value is -1.67. The molecule has 0 aliphatic carbocycles. The molecule has 23 heavy (non-hydrogen) atoms. The molecule has 1 atom stereocenters. The maximum Gasteiger partial charge on any atom is 0.188 e. The van der Waals surface area contributed by atoms with Crippen LogP contribution in [0.1, 0.15) is 12.8 Å². The number of halogens is 1. The number of thiazole rings is 1. The molecule has 1 unspecified atom stereocenters. The topological polar surface area (TPSA) is 67.5 Å². The molecule has 0 radical (unpaired) electrons. The Morgan fingerprint density at radius 3 is 2.83 bits per heavy atom. The minimum absolute atomic E-state index is 0.364. The number of nitrogens with zero attached hydrogens (tertiary/aromatic N) is 4. The Morgan fingerprint density at radius 2 is 2.04 bits per heavy atom. The van der Waals surface area contributed by atoms with Crippen molar-refractivity contribution in [3.05, 3.63) is 6.07 Å². The van der Waals surface area contributed by atoms with Gasteiger partial charge in [0.1, 0.15) is 6.17 Å². The summed E-state index contributed by atoms with van der Waals surface area (Å²) in [5.41, 5.74) is 7.47. The number of pyridine rings is 1. The molecule has 124 valence electrons. The fourth-order valence-corrected chi connectivity index (χ4v) is 4.13. The summed E-state index contributed by atoms with van der Waals surface area (Å²) in [4.78, 5) is 13.4. The molecular formula is C15H20FN5OS. The molecule has 2 fully saturated rings. The first-order valence-corrected chi connectivity index (χ1v) is 8.81. The lowest BCUT2D eigenvalue weighted by molar-refractivity contribution is 0.122. The largest absolute Gasteiger partial charge is 0.396 e. The van der Waals surface area contributed by atoms with Gasteiger partial charge in [-0.25, -0.2) is 9.37 Å². The maximum atomic E-state index is 13.7. The van der Waals surface area contributed by atoms with Gasteiger partial charge in [0.2, 0.25) is 0 Å². The van der Waals surface area contributed by atoms with Gasteiger partial charge >= 0.3 is 0 Å². The van der Waals surface area contributed by atoms with Crippen molar-refractivity contribution in [3.63, 3.8) is 0 Å². The van der Waals surface area contributed by atoms with Crippen LogP contribution in [0, 0.1) is 0 Å². The quantitative estimate of drug-likeness (QED) is 0.905. The van der Waals surface area contributed by atoms with E-state index in [0.717, 1.165) is 49.1 Å². The zero-order valence-corrected chi connectivity index (χ0v) is 13.7. The van der Waals surface area contributed by atoms with Crippen molar-refractivity contribution in [3.8, 4) is 0 Å². The van der Waals surface area contributed by atoms with E-state index in [2.05, 4.69) is 14.9 Å². The van der Waals surface area contributed by atoms with E-state index in [1.807, 2.05) is 11.0 Å². The lowest BCUT2D eigenvalue weighted by Crippen LogP contribution is -2.37. The number of alkyl halides is 1. The molecule has 8 heteroatoms. The number of fused-ring (bicyclic) bond motifs is 1. The molecule has 2 aliphatic rings. The van der Waals surface area contributed by atoms with Crippen LogP contribution in [0.5, 0.6) is 0 Å². The number of morpholine rings is 1. The molecule has 0 saturated carbocycles. The normalized spacial score (nSPS) is 22.7. The Kier molecular flexibility index (Phi) is 3.94. The number of hydrogen-bond acceptors (Lipinski definition) is 7. The molecule has 4 rings (SSSR count). The number of rotatable bonds is 2. The van der Waals surface area contributed by atoms with Crippen molar-refractivity contribution in [1.29, 1.82) is 0 Å². The Bertz CT molecular complexity index is 702. The highest BCUT2D eigenvalue weighted by Gasteiger charge is 2.23. The van der Waals surface area contributed by atoms with Gasteiger partial charge in [-0.15, -0.1) is 0 Å². The minimum atomic E-state index is -0.806. The second kappa shape index (κ2) is 6.09. The SMILES string of the molecule is Nc1cc2sc(N3CCOCC3)nc2nc1N1CCCC(F)C1. The van der Waals surface area contributed by atoms with Crippen molar-refractivity contribution in [2.45, 2.75) is 19.0 Å². The third kappa shape index (κ3) is 2.92. The van der Waals surface area contributed by atoms with E-state index < -0.39 is 6.17 Å². The Morgan fingerprint density at radius 1 is 1.22 bits per heavy atom. The zero-order valence-electron chi connectivity index (χ0n) is 12.9. The maximum absolute atomic E-state index is 13.7. The third-order valence-electron chi connectivity index (χ3n) is 4.32. The summed E-state index contributed by atoms with van der Waals surface area (Å²) in [7, 11) is 0. The van der Waals surface area contributed by atoms with Gasteiger partial charge in [0.05, 0.1) is 30.1 Å². The van der Waals surface area contributed by atoms with Crippen LogP contribution in [0.3, 0.4) is 0 Å². The zero-order chi connectivity index (χ0) is 15.8. The van der Waals surface area contributed by atoms with Crippen LogP contribution in [0.2, 0.25) is 0 Å². The van der Waals surface area contributed by atoms with Crippen LogP contribution >= 0.6 is 11.3 Å². The number of hydrogen-bond donors (Lipinski definition) is 1. The highest BCUT2D eigenvalue weighted by atomic mass is 32.1. The Labute approximate surface area is 138 Å². The van der Waals surface area contributed by atoms with E-state index in [1.165, 1.54) is 0 Å². The van der Waals surface area contributed by atoms with Crippen LogP contribution in [-0.2, 0) is 4.74 Å². The summed E-state index contributed by atoms with van der Waals surface area (Å²) >= 11 is 1.60. The van der Waals surface area contributed by atoms with Gasteiger partial charge in [0.15, 0.2) is 16.6 Å². The van der Waals surface area contributed by atoms with Gasteiger partial charge in [-0.3, -0.25) is 0 Å². The summed E-state index contributed by atoms with van der Waals surface area (Å²) in [6.45, 7) is 4.30. The monoisotopic (exact) mass is 337 g/mol. The van der Waals surface area contributed by atoms with E-state index in [1.54, 1.807) is 11.3 Å². The predicted molar refractivity (Wildman–Crippen MR) is 91.2 cm³/mol. The summed E-state index contributed by atoms with van der Waals surface area (Å²) in [5, 5.41) is 0.953. The first-order chi connectivity index (χ1) is 11.2. The van der Waals surface area contributed by atoms with Crippen LogP contribution < -0.4 is 15.5 Å². The van der Waals surface area contributed by atoms with E-state index in [9.17, 15) is 4.39 Å². The van der Waals surface area contributed by atoms with Crippen LogP contribution in [0.4, 0.5) is 21.0 Å². The standard InChI is InChI=1S/C15H20FN5OS/c16-10-2-1-3-21(9-10)14-11(17)8-12-13(18-14)19-15(23-12)20-4-6-22-7-5-20/h8,10H,1-7,9,17H2. The smallest absolute Gasteiger partial charge is 0.188 e. The number of nitrogens with two attached hydrogens (primary N) is 1. The lowest BCUT2D eigenvalue weighted by atomic mass is 10.1. The molecule has 4 heterocycles. The molecule has 0 spiro atoms. The number of piperidine rings is 1. The third-order valence-corrected chi connectivity index (χ3v) is 5.38. The molecule has 6 nitrogen and oxygen atoms in total. The summed E-state index contributed by atoms with van der Waals surface area (Å²) < 4.78 is 20.0. The molecule has 0 amide bonds. The van der Waals surface area contributed by atoms with E-state index in [-0.39, 0.29) is 0 Å². The molecular weight excluding hydrogens is 317 g/mol. The van der Waals surface area contributed by atoms with Crippen LogP contribution in [0.25, 0.3) is 10.3 Å². The molecule has 0 aromatic carbocycles. The summed E-state index contributed by atoms with van der Waals surface area (Å²) in [6.07, 6.45) is 0.646. The van der Waals surface area contributed by atoms with Crippen LogP contribution in [-0.4, -0.2) is 55.5 Å². The first-order valence-electron chi connectivity index (χ1n) is 7.99. The number of anilines is 3. The molecule has 2 aromatic heterocycles. The van der Waals surface area contributed by atoms with Gasteiger partial charge in [-0.1, -0.05) is 11.3 Å². The van der Waals surface area contributed by atoms with Crippen molar-refractivity contribution < 1.29 is 9.13 Å². The van der Waals surface area contributed by atoms with Crippen LogP contribution in [0.15, 0.2) is 6.07 Å². The molecule has 2 N–H and O–H groups in total. The average Bonchev–Trinajstić information content (AvgIpc) is 2.97. The van der Waals surface area contributed by atoms with Gasteiger partial charge < -0.3 is 20.3 Å². The van der Waals surface area contributed by atoms with E-state index in [4.69, 9.17) is 10.5 Å². The average molecular weight is 337 g/mol. The predicted octanol–water partition coefficient (Wildman–Crippen LogP) is 2.05. The first kappa shape index (κ1) is 14.9. The fourth-order valence-electron chi connectivity index (χ4n) is 3.12. The van der Waals surface area contributed by atoms with Crippen molar-refractivity contribution in [2.24, 2.45) is 0 Å². The number of nitrogen functional groups attached to an aromatic ring is 1. The van der Waals surface area contributed by atoms with E-state index >= 15 is 0 Å². The molecule has 2 aromatic rings. The summed E-state index contributed by atoms with van der Waals surface area (Å²) in [5.74, 6) is 0.665. The number of aromatic nitrogens is 2. The van der Waals surface area contributed by atoms with Gasteiger partial charge in [-0.05, 0) is 18.9 Å². The van der Waals surface area contributed by atoms with E-state index in [0.29, 0.717) is 30.1 Å². The molecule has 0 bridgehead atoms. The molecule has 2 aliphatic heterocycles. The van der Waals surface area contributed by atoms with Crippen molar-refractivity contribution >= 4 is 38.3 Å². The molecule has 2 saturated heterocycles. The fraction of sp³-hybridized carbons (Fsp3) is 0.600. The highest BCUT2D eigenvalue weighted by Crippen LogP contribution is 2.34.